The Morgan fingerprint density at radius 3 is 2.82 bits per heavy atom. The highest BCUT2D eigenvalue weighted by Gasteiger charge is 2.23. The number of hydrogen-bond donors (Lipinski definition) is 1. The first-order valence-electron chi connectivity index (χ1n) is 4.98. The summed E-state index contributed by atoms with van der Waals surface area (Å²) in [5, 5.41) is 2.51. The lowest BCUT2D eigenvalue weighted by atomic mass is 10.2. The molecule has 0 aliphatic rings. The van der Waals surface area contributed by atoms with E-state index in [1.54, 1.807) is 6.92 Å². The van der Waals surface area contributed by atoms with Crippen LogP contribution in [0, 0.1) is 5.95 Å². The van der Waals surface area contributed by atoms with Crippen LogP contribution in [0.5, 0.6) is 5.75 Å². The van der Waals surface area contributed by atoms with Crippen molar-refractivity contribution in [1.29, 1.82) is 0 Å². The maximum Gasteiger partial charge on any atom is 0.272 e. The number of halogens is 1. The number of hydrogen-bond acceptors (Lipinski definition) is 5. The van der Waals surface area contributed by atoms with Gasteiger partial charge in [-0.05, 0) is 19.1 Å². The number of nitrogens with zero attached hydrogens (tertiary/aromatic N) is 1. The molecule has 88 valence electrons. The van der Waals surface area contributed by atoms with Gasteiger partial charge in [-0.1, -0.05) is 0 Å². The Bertz CT molecular complexity index is 617. The fourth-order valence-corrected chi connectivity index (χ4v) is 1.38. The molecule has 5 nitrogen and oxygen atoms in total. The minimum Gasteiger partial charge on any atom is -0.488 e. The van der Waals surface area contributed by atoms with Crippen molar-refractivity contribution in [3.05, 3.63) is 44.7 Å². The standard InChI is InChI=1S/C11H9FN2O3/c1-2-17-10-7(8(15)9(10)16)14-6-4-3-5-13-11(6)12/h3-5,14H,2H2,1H3. The van der Waals surface area contributed by atoms with E-state index in [1.165, 1.54) is 18.3 Å². The van der Waals surface area contributed by atoms with Crippen LogP contribution in [0.2, 0.25) is 0 Å². The number of pyridine rings is 1. The van der Waals surface area contributed by atoms with Crippen LogP contribution in [0.3, 0.4) is 0 Å². The van der Waals surface area contributed by atoms with Gasteiger partial charge < -0.3 is 10.1 Å². The van der Waals surface area contributed by atoms with E-state index in [0.717, 1.165) is 0 Å². The molecule has 0 saturated carbocycles. The first-order chi connectivity index (χ1) is 8.15. The SMILES string of the molecule is CCOc1c(Nc2cccnc2F)c(=O)c1=O. The molecule has 1 aromatic heterocycles. The number of rotatable bonds is 4. The molecule has 6 heteroatoms. The smallest absolute Gasteiger partial charge is 0.272 e. The van der Waals surface area contributed by atoms with Gasteiger partial charge in [-0.2, -0.15) is 4.39 Å². The summed E-state index contributed by atoms with van der Waals surface area (Å²) in [7, 11) is 0. The highest BCUT2D eigenvalue weighted by molar-refractivity contribution is 5.69. The second-order valence-electron chi connectivity index (χ2n) is 3.26. The maximum atomic E-state index is 13.2. The largest absolute Gasteiger partial charge is 0.488 e. The second-order valence-corrected chi connectivity index (χ2v) is 3.26. The normalized spacial score (nSPS) is 10.5. The van der Waals surface area contributed by atoms with Gasteiger partial charge in [0.05, 0.1) is 12.3 Å². The molecule has 1 aromatic carbocycles. The minimum atomic E-state index is -0.747. The van der Waals surface area contributed by atoms with Crippen LogP contribution in [0.4, 0.5) is 15.8 Å². The molecular weight excluding hydrogens is 227 g/mol. The van der Waals surface area contributed by atoms with Gasteiger partial charge in [0.15, 0.2) is 5.75 Å². The van der Waals surface area contributed by atoms with Gasteiger partial charge in [0.2, 0.25) is 5.95 Å². The molecule has 0 radical (unpaired) electrons. The highest BCUT2D eigenvalue weighted by atomic mass is 19.1. The summed E-state index contributed by atoms with van der Waals surface area (Å²) < 4.78 is 18.2. The van der Waals surface area contributed by atoms with Crippen molar-refractivity contribution in [2.75, 3.05) is 11.9 Å². The molecule has 0 saturated heterocycles. The van der Waals surface area contributed by atoms with Gasteiger partial charge in [0.1, 0.15) is 5.69 Å². The van der Waals surface area contributed by atoms with Gasteiger partial charge in [-0.3, -0.25) is 9.59 Å². The zero-order valence-electron chi connectivity index (χ0n) is 8.99. The third-order valence-corrected chi connectivity index (χ3v) is 2.17. The molecule has 0 atom stereocenters. The van der Waals surface area contributed by atoms with Gasteiger partial charge in [-0.15, -0.1) is 0 Å². The van der Waals surface area contributed by atoms with E-state index < -0.39 is 16.8 Å². The molecule has 1 heterocycles. The van der Waals surface area contributed by atoms with E-state index in [2.05, 4.69) is 10.3 Å². The molecule has 0 aliphatic heterocycles. The Balaban J connectivity index is 2.32. The molecular formula is C11H9FN2O3. The van der Waals surface area contributed by atoms with Crippen LogP contribution in [0.1, 0.15) is 6.92 Å². The summed E-state index contributed by atoms with van der Waals surface area (Å²) in [6, 6.07) is 2.92. The summed E-state index contributed by atoms with van der Waals surface area (Å²) in [4.78, 5) is 25.8. The van der Waals surface area contributed by atoms with Gasteiger partial charge in [0, 0.05) is 6.20 Å². The summed E-state index contributed by atoms with van der Waals surface area (Å²) in [5.41, 5.74) is -1.40. The van der Waals surface area contributed by atoms with Crippen LogP contribution < -0.4 is 20.9 Å². The summed E-state index contributed by atoms with van der Waals surface area (Å²) >= 11 is 0. The molecule has 0 spiro atoms. The fourth-order valence-electron chi connectivity index (χ4n) is 1.38. The Morgan fingerprint density at radius 1 is 1.41 bits per heavy atom. The maximum absolute atomic E-state index is 13.2. The quantitative estimate of drug-likeness (QED) is 0.632. The summed E-state index contributed by atoms with van der Waals surface area (Å²) in [5.74, 6) is -0.802. The Labute approximate surface area is 95.6 Å². The topological polar surface area (TPSA) is 68.3 Å². The van der Waals surface area contributed by atoms with E-state index in [0.29, 0.717) is 0 Å². The van der Waals surface area contributed by atoms with Gasteiger partial charge in [-0.25, -0.2) is 4.98 Å². The summed E-state index contributed by atoms with van der Waals surface area (Å²) in [6.45, 7) is 1.94. The van der Waals surface area contributed by atoms with Crippen molar-refractivity contribution in [1.82, 2.24) is 4.98 Å². The predicted molar refractivity (Wildman–Crippen MR) is 60.0 cm³/mol. The second kappa shape index (κ2) is 4.32. The van der Waals surface area contributed by atoms with E-state index in [4.69, 9.17) is 4.74 Å². The zero-order valence-corrected chi connectivity index (χ0v) is 8.99. The molecule has 0 unspecified atom stereocenters. The average molecular weight is 236 g/mol. The molecule has 0 aliphatic carbocycles. The van der Waals surface area contributed by atoms with Gasteiger partial charge >= 0.3 is 0 Å². The average Bonchev–Trinajstić information content (AvgIpc) is 2.35. The van der Waals surface area contributed by atoms with Crippen molar-refractivity contribution >= 4 is 11.4 Å². The monoisotopic (exact) mass is 236 g/mol. The summed E-state index contributed by atoms with van der Waals surface area (Å²) in [6.07, 6.45) is 1.28. The Morgan fingerprint density at radius 2 is 2.18 bits per heavy atom. The van der Waals surface area contributed by atoms with Crippen molar-refractivity contribution in [2.24, 2.45) is 0 Å². The van der Waals surface area contributed by atoms with Crippen molar-refractivity contribution in [3.63, 3.8) is 0 Å². The van der Waals surface area contributed by atoms with Crippen molar-refractivity contribution < 1.29 is 9.13 Å². The fraction of sp³-hybridized carbons (Fsp3) is 0.182. The molecule has 0 fully saturated rings. The molecule has 17 heavy (non-hydrogen) atoms. The number of nitrogens with one attached hydrogen (secondary N) is 1. The van der Waals surface area contributed by atoms with Crippen LogP contribution in [-0.4, -0.2) is 11.6 Å². The lowest BCUT2D eigenvalue weighted by Crippen LogP contribution is -2.35. The molecule has 2 aromatic rings. The van der Waals surface area contributed by atoms with Gasteiger partial charge in [0.25, 0.3) is 10.9 Å². The first kappa shape index (κ1) is 11.3. The first-order valence-corrected chi connectivity index (χ1v) is 4.98. The minimum absolute atomic E-state index is 0.0243. The molecule has 0 amide bonds. The zero-order chi connectivity index (χ0) is 12.4. The van der Waals surface area contributed by atoms with E-state index >= 15 is 0 Å². The third kappa shape index (κ3) is 1.89. The molecule has 0 bridgehead atoms. The molecule has 2 rings (SSSR count). The third-order valence-electron chi connectivity index (χ3n) is 2.17. The molecule has 1 N–H and O–H groups in total. The van der Waals surface area contributed by atoms with Crippen LogP contribution in [0.15, 0.2) is 27.9 Å². The Kier molecular flexibility index (Phi) is 2.86. The van der Waals surface area contributed by atoms with Crippen LogP contribution in [-0.2, 0) is 0 Å². The van der Waals surface area contributed by atoms with E-state index in [-0.39, 0.29) is 23.7 Å². The Hall–Kier alpha value is -2.24. The number of aromatic nitrogens is 1. The van der Waals surface area contributed by atoms with E-state index in [9.17, 15) is 14.0 Å². The number of ether oxygens (including phenoxy) is 1. The lowest BCUT2D eigenvalue weighted by Gasteiger charge is -2.12. The van der Waals surface area contributed by atoms with E-state index in [1.807, 2.05) is 0 Å². The number of anilines is 2. The van der Waals surface area contributed by atoms with Crippen LogP contribution in [0.25, 0.3) is 0 Å². The lowest BCUT2D eigenvalue weighted by molar-refractivity contribution is 0.335. The highest BCUT2D eigenvalue weighted by Crippen LogP contribution is 2.23. The van der Waals surface area contributed by atoms with Crippen molar-refractivity contribution in [2.45, 2.75) is 6.92 Å². The predicted octanol–water partition coefficient (Wildman–Crippen LogP) is 0.959. The van der Waals surface area contributed by atoms with Crippen molar-refractivity contribution in [3.8, 4) is 5.75 Å². The van der Waals surface area contributed by atoms with Crippen LogP contribution >= 0.6 is 0 Å².